The van der Waals surface area contributed by atoms with E-state index in [1.165, 1.54) is 16.4 Å². The molecule has 0 aliphatic carbocycles. The van der Waals surface area contributed by atoms with E-state index in [9.17, 15) is 13.2 Å². The summed E-state index contributed by atoms with van der Waals surface area (Å²) in [5, 5.41) is 4.82. The van der Waals surface area contributed by atoms with E-state index in [4.69, 9.17) is 11.6 Å². The van der Waals surface area contributed by atoms with E-state index >= 15 is 0 Å². The van der Waals surface area contributed by atoms with Crippen LogP contribution in [0.5, 0.6) is 0 Å². The van der Waals surface area contributed by atoms with Crippen molar-refractivity contribution in [2.24, 2.45) is 0 Å². The Labute approximate surface area is 170 Å². The quantitative estimate of drug-likeness (QED) is 0.731. The van der Waals surface area contributed by atoms with Crippen molar-refractivity contribution in [2.75, 3.05) is 26.2 Å². The Morgan fingerprint density at radius 1 is 1.14 bits per heavy atom. The number of benzene rings is 1. The first-order valence-corrected chi connectivity index (χ1v) is 10.9. The molecule has 0 spiro atoms. The Hall–Kier alpha value is -1.97. The Balaban J connectivity index is 1.59. The molecule has 10 heteroatoms. The van der Waals surface area contributed by atoms with Crippen LogP contribution in [0.1, 0.15) is 31.0 Å². The molecule has 3 rings (SSSR count). The summed E-state index contributed by atoms with van der Waals surface area (Å²) in [5.41, 5.74) is 0. The Morgan fingerprint density at radius 2 is 1.75 bits per heavy atom. The summed E-state index contributed by atoms with van der Waals surface area (Å²) in [6.45, 7) is 6.89. The number of carbonyl (C=O) groups excluding carboxylic acids is 1. The van der Waals surface area contributed by atoms with Crippen molar-refractivity contribution in [1.82, 2.24) is 24.0 Å². The first-order chi connectivity index (χ1) is 13.2. The van der Waals surface area contributed by atoms with Crippen LogP contribution in [0.3, 0.4) is 0 Å². The maximum atomic E-state index is 12.7. The van der Waals surface area contributed by atoms with Crippen LogP contribution in [0, 0.1) is 13.8 Å². The standard InChI is InChI=1S/C18H24ClN5O3S/c1-13(24-15(3)20-14(2)21-24)12-18(25)22-8-10-23(11-9-22)28(26,27)17-6-4-16(19)5-7-17/h4-7,13H,8-12H2,1-3H3/t13-/m1/s1. The zero-order valence-corrected chi connectivity index (χ0v) is 17.7. The summed E-state index contributed by atoms with van der Waals surface area (Å²) in [5.74, 6) is 1.44. The van der Waals surface area contributed by atoms with Gasteiger partial charge >= 0.3 is 0 Å². The average Bonchev–Trinajstić information content (AvgIpc) is 3.00. The molecule has 1 aromatic carbocycles. The van der Waals surface area contributed by atoms with Gasteiger partial charge in [-0.25, -0.2) is 18.1 Å². The molecule has 0 saturated carbocycles. The van der Waals surface area contributed by atoms with Crippen molar-refractivity contribution >= 4 is 27.5 Å². The van der Waals surface area contributed by atoms with Crippen molar-refractivity contribution in [3.63, 3.8) is 0 Å². The van der Waals surface area contributed by atoms with Gasteiger partial charge in [0.1, 0.15) is 11.6 Å². The number of hydrogen-bond donors (Lipinski definition) is 0. The van der Waals surface area contributed by atoms with E-state index in [1.807, 2.05) is 20.8 Å². The topological polar surface area (TPSA) is 88.4 Å². The molecule has 0 radical (unpaired) electrons. The molecule has 8 nitrogen and oxygen atoms in total. The summed E-state index contributed by atoms with van der Waals surface area (Å²) in [7, 11) is -3.58. The minimum Gasteiger partial charge on any atom is -0.340 e. The lowest BCUT2D eigenvalue weighted by molar-refractivity contribution is -0.133. The normalized spacial score (nSPS) is 16.9. The number of rotatable bonds is 5. The highest BCUT2D eigenvalue weighted by Crippen LogP contribution is 2.21. The van der Waals surface area contributed by atoms with Gasteiger partial charge in [0.05, 0.1) is 10.9 Å². The van der Waals surface area contributed by atoms with Crippen LogP contribution in [-0.2, 0) is 14.8 Å². The highest BCUT2D eigenvalue weighted by molar-refractivity contribution is 7.89. The monoisotopic (exact) mass is 425 g/mol. The third-order valence-electron chi connectivity index (χ3n) is 4.84. The lowest BCUT2D eigenvalue weighted by atomic mass is 10.2. The van der Waals surface area contributed by atoms with Gasteiger partial charge in [0.25, 0.3) is 0 Å². The number of carbonyl (C=O) groups is 1. The van der Waals surface area contributed by atoms with Gasteiger partial charge in [-0.05, 0) is 45.0 Å². The largest absolute Gasteiger partial charge is 0.340 e. The van der Waals surface area contributed by atoms with Gasteiger partial charge in [-0.3, -0.25) is 4.79 Å². The van der Waals surface area contributed by atoms with Crippen LogP contribution in [0.2, 0.25) is 5.02 Å². The van der Waals surface area contributed by atoms with E-state index in [0.717, 1.165) is 5.82 Å². The summed E-state index contributed by atoms with van der Waals surface area (Å²) in [4.78, 5) is 18.8. The highest BCUT2D eigenvalue weighted by Gasteiger charge is 2.30. The molecule has 1 aromatic heterocycles. The molecule has 1 atom stereocenters. The fraction of sp³-hybridized carbons (Fsp3) is 0.500. The predicted molar refractivity (Wildman–Crippen MR) is 106 cm³/mol. The zero-order chi connectivity index (χ0) is 20.5. The minimum atomic E-state index is -3.58. The second-order valence-corrected chi connectivity index (χ2v) is 9.32. The van der Waals surface area contributed by atoms with Crippen molar-refractivity contribution < 1.29 is 13.2 Å². The van der Waals surface area contributed by atoms with Gasteiger partial charge in [0.15, 0.2) is 0 Å². The predicted octanol–water partition coefficient (Wildman–Crippen LogP) is 2.03. The molecule has 2 heterocycles. The second kappa shape index (κ2) is 8.18. The van der Waals surface area contributed by atoms with E-state index in [1.54, 1.807) is 21.7 Å². The SMILES string of the molecule is Cc1nc(C)n([C@H](C)CC(=O)N2CCN(S(=O)(=O)c3ccc(Cl)cc3)CC2)n1. The molecule has 0 unspecified atom stereocenters. The van der Waals surface area contributed by atoms with Gasteiger partial charge < -0.3 is 4.90 Å². The molecular formula is C18H24ClN5O3S. The van der Waals surface area contributed by atoms with E-state index in [2.05, 4.69) is 10.1 Å². The molecule has 2 aromatic rings. The van der Waals surface area contributed by atoms with Gasteiger partial charge in [0.2, 0.25) is 15.9 Å². The van der Waals surface area contributed by atoms with Gasteiger partial charge in [-0.1, -0.05) is 11.6 Å². The number of sulfonamides is 1. The zero-order valence-electron chi connectivity index (χ0n) is 16.2. The van der Waals surface area contributed by atoms with Crippen LogP contribution >= 0.6 is 11.6 Å². The lowest BCUT2D eigenvalue weighted by Crippen LogP contribution is -2.50. The van der Waals surface area contributed by atoms with Crippen LogP contribution in [0.25, 0.3) is 0 Å². The Bertz CT molecular complexity index is 950. The fourth-order valence-electron chi connectivity index (χ4n) is 3.36. The maximum Gasteiger partial charge on any atom is 0.243 e. The Morgan fingerprint density at radius 3 is 2.29 bits per heavy atom. The van der Waals surface area contributed by atoms with Gasteiger partial charge in [0, 0.05) is 37.6 Å². The number of amides is 1. The minimum absolute atomic E-state index is 0.0106. The average molecular weight is 426 g/mol. The first kappa shape index (κ1) is 20.8. The summed E-state index contributed by atoms with van der Waals surface area (Å²) >= 11 is 5.84. The number of piperazine rings is 1. The van der Waals surface area contributed by atoms with Crippen LogP contribution in [0.4, 0.5) is 0 Å². The molecule has 1 saturated heterocycles. The van der Waals surface area contributed by atoms with Crippen LogP contribution < -0.4 is 0 Å². The molecular weight excluding hydrogens is 402 g/mol. The molecule has 1 aliphatic rings. The van der Waals surface area contributed by atoms with Crippen LogP contribution in [-0.4, -0.2) is 64.5 Å². The second-order valence-electron chi connectivity index (χ2n) is 6.94. The number of hydrogen-bond acceptors (Lipinski definition) is 5. The third-order valence-corrected chi connectivity index (χ3v) is 7.00. The smallest absolute Gasteiger partial charge is 0.243 e. The molecule has 0 N–H and O–H groups in total. The Kier molecular flexibility index (Phi) is 6.07. The molecule has 152 valence electrons. The van der Waals surface area contributed by atoms with Crippen LogP contribution in [0.15, 0.2) is 29.2 Å². The summed E-state index contributed by atoms with van der Waals surface area (Å²) in [6.07, 6.45) is 0.299. The fourth-order valence-corrected chi connectivity index (χ4v) is 4.90. The van der Waals surface area contributed by atoms with Crippen molar-refractivity contribution in [2.45, 2.75) is 38.1 Å². The summed E-state index contributed by atoms with van der Waals surface area (Å²) in [6, 6.07) is 6.01. The maximum absolute atomic E-state index is 12.7. The molecule has 1 fully saturated rings. The van der Waals surface area contributed by atoms with Crippen molar-refractivity contribution in [1.29, 1.82) is 0 Å². The summed E-state index contributed by atoms with van der Waals surface area (Å²) < 4.78 is 28.6. The highest BCUT2D eigenvalue weighted by atomic mass is 35.5. The molecule has 1 aliphatic heterocycles. The number of aromatic nitrogens is 3. The number of aryl methyl sites for hydroxylation is 2. The van der Waals surface area contributed by atoms with E-state index in [-0.39, 0.29) is 29.9 Å². The van der Waals surface area contributed by atoms with E-state index in [0.29, 0.717) is 30.4 Å². The number of nitrogens with zero attached hydrogens (tertiary/aromatic N) is 5. The van der Waals surface area contributed by atoms with Crippen molar-refractivity contribution in [3.05, 3.63) is 40.9 Å². The van der Waals surface area contributed by atoms with E-state index < -0.39 is 10.0 Å². The van der Waals surface area contributed by atoms with Gasteiger partial charge in [-0.15, -0.1) is 0 Å². The molecule has 0 bridgehead atoms. The van der Waals surface area contributed by atoms with Crippen molar-refractivity contribution in [3.8, 4) is 0 Å². The number of halogens is 1. The first-order valence-electron chi connectivity index (χ1n) is 9.11. The molecule has 1 amide bonds. The lowest BCUT2D eigenvalue weighted by Gasteiger charge is -2.34. The molecule has 28 heavy (non-hydrogen) atoms. The van der Waals surface area contributed by atoms with Gasteiger partial charge in [-0.2, -0.15) is 9.40 Å². The third kappa shape index (κ3) is 4.37.